The maximum absolute atomic E-state index is 13.0. The molecule has 0 saturated heterocycles. The Morgan fingerprint density at radius 3 is 2.62 bits per heavy atom. The zero-order valence-corrected chi connectivity index (χ0v) is 14.9. The third kappa shape index (κ3) is 5.57. The van der Waals surface area contributed by atoms with Gasteiger partial charge < -0.3 is 5.32 Å². The molecule has 10 heteroatoms. The highest BCUT2D eigenvalue weighted by atomic mass is 35.5. The van der Waals surface area contributed by atoms with Crippen LogP contribution in [0.2, 0.25) is 5.02 Å². The van der Waals surface area contributed by atoms with E-state index in [1.165, 1.54) is 24.3 Å². The van der Waals surface area contributed by atoms with Gasteiger partial charge in [-0.15, -0.1) is 11.3 Å². The van der Waals surface area contributed by atoms with Crippen LogP contribution in [0.25, 0.3) is 0 Å². The minimum absolute atomic E-state index is 0.0932. The molecule has 1 aromatic carbocycles. The second kappa shape index (κ2) is 8.33. The van der Waals surface area contributed by atoms with E-state index in [2.05, 4.69) is 15.8 Å². The number of hydrazone groups is 1. The molecule has 0 aliphatic rings. The fourth-order valence-corrected chi connectivity index (χ4v) is 2.72. The molecule has 0 atom stereocenters. The molecule has 2 amide bonds. The van der Waals surface area contributed by atoms with Crippen LogP contribution < -0.4 is 10.7 Å². The zero-order chi connectivity index (χ0) is 19.3. The van der Waals surface area contributed by atoms with E-state index < -0.39 is 29.2 Å². The van der Waals surface area contributed by atoms with Crippen molar-refractivity contribution < 1.29 is 22.8 Å². The molecule has 1 heterocycles. The van der Waals surface area contributed by atoms with Crippen LogP contribution in [0.3, 0.4) is 0 Å². The van der Waals surface area contributed by atoms with Crippen LogP contribution in [0, 0.1) is 0 Å². The second-order valence-electron chi connectivity index (χ2n) is 5.18. The third-order valence-corrected chi connectivity index (χ3v) is 4.17. The van der Waals surface area contributed by atoms with Crippen LogP contribution >= 0.6 is 22.9 Å². The first-order valence-electron chi connectivity index (χ1n) is 7.20. The monoisotopic (exact) mass is 403 g/mol. The van der Waals surface area contributed by atoms with E-state index in [1.807, 2.05) is 0 Å². The molecule has 0 bridgehead atoms. The van der Waals surface area contributed by atoms with Crippen LogP contribution in [-0.2, 0) is 11.0 Å². The zero-order valence-electron chi connectivity index (χ0n) is 13.4. The number of nitrogens with one attached hydrogen (secondary N) is 2. The van der Waals surface area contributed by atoms with Gasteiger partial charge in [0.05, 0.1) is 22.5 Å². The first-order chi connectivity index (χ1) is 12.2. The summed E-state index contributed by atoms with van der Waals surface area (Å²) in [5.41, 5.74) is 1.07. The van der Waals surface area contributed by atoms with E-state index in [0.717, 1.165) is 12.1 Å². The number of rotatable bonds is 5. The number of anilines is 1. The molecule has 0 aliphatic carbocycles. The molecule has 1 aromatic heterocycles. The standard InChI is InChI=1S/C16H13ClF3N3O2S/c1-9(22-23-15(25)13-3-2-6-26-13)7-14(24)21-12-5-4-10(17)8-11(12)16(18,19)20/h2-6,8H,7H2,1H3,(H,21,24)(H,23,25)/b22-9-. The molecule has 0 unspecified atom stereocenters. The molecule has 0 aliphatic heterocycles. The highest BCUT2D eigenvalue weighted by Crippen LogP contribution is 2.36. The van der Waals surface area contributed by atoms with Gasteiger partial charge in [0.25, 0.3) is 5.91 Å². The van der Waals surface area contributed by atoms with E-state index in [-0.39, 0.29) is 17.2 Å². The average Bonchev–Trinajstić information content (AvgIpc) is 3.07. The van der Waals surface area contributed by atoms with Gasteiger partial charge in [0, 0.05) is 10.7 Å². The van der Waals surface area contributed by atoms with Crippen molar-refractivity contribution in [1.29, 1.82) is 0 Å². The van der Waals surface area contributed by atoms with Crippen LogP contribution in [0.15, 0.2) is 40.8 Å². The summed E-state index contributed by atoms with van der Waals surface area (Å²) in [4.78, 5) is 24.1. The Hall–Kier alpha value is -2.39. The van der Waals surface area contributed by atoms with Gasteiger partial charge in [0.1, 0.15) is 0 Å². The smallest absolute Gasteiger partial charge is 0.325 e. The van der Waals surface area contributed by atoms with Crippen molar-refractivity contribution >= 4 is 46.2 Å². The van der Waals surface area contributed by atoms with Crippen molar-refractivity contribution in [2.45, 2.75) is 19.5 Å². The maximum atomic E-state index is 13.0. The Kier molecular flexibility index (Phi) is 6.38. The lowest BCUT2D eigenvalue weighted by Gasteiger charge is -2.14. The molecule has 0 radical (unpaired) electrons. The van der Waals surface area contributed by atoms with Crippen molar-refractivity contribution in [3.05, 3.63) is 51.2 Å². The van der Waals surface area contributed by atoms with E-state index in [9.17, 15) is 22.8 Å². The highest BCUT2D eigenvalue weighted by Gasteiger charge is 2.34. The van der Waals surface area contributed by atoms with E-state index in [0.29, 0.717) is 4.88 Å². The summed E-state index contributed by atoms with van der Waals surface area (Å²) in [6, 6.07) is 6.37. The molecule has 2 aromatic rings. The number of benzene rings is 1. The molecule has 2 N–H and O–H groups in total. The van der Waals surface area contributed by atoms with Crippen LogP contribution in [0.4, 0.5) is 18.9 Å². The molecular weight excluding hydrogens is 391 g/mol. The van der Waals surface area contributed by atoms with Gasteiger partial charge in [-0.25, -0.2) is 5.43 Å². The fraction of sp³-hybridized carbons (Fsp3) is 0.188. The van der Waals surface area contributed by atoms with Crippen LogP contribution in [0.1, 0.15) is 28.6 Å². The van der Waals surface area contributed by atoms with Gasteiger partial charge in [0.15, 0.2) is 0 Å². The quantitative estimate of drug-likeness (QED) is 0.567. The Balaban J connectivity index is 2.00. The van der Waals surface area contributed by atoms with Gasteiger partial charge in [-0.3, -0.25) is 9.59 Å². The summed E-state index contributed by atoms with van der Waals surface area (Å²) in [5.74, 6) is -1.14. The predicted molar refractivity (Wildman–Crippen MR) is 94.6 cm³/mol. The maximum Gasteiger partial charge on any atom is 0.418 e. The van der Waals surface area contributed by atoms with Gasteiger partial charge in [0.2, 0.25) is 5.91 Å². The number of nitrogens with zero attached hydrogens (tertiary/aromatic N) is 1. The summed E-state index contributed by atoms with van der Waals surface area (Å²) in [6.07, 6.45) is -4.95. The number of carbonyl (C=O) groups is 2. The van der Waals surface area contributed by atoms with Crippen molar-refractivity contribution in [3.8, 4) is 0 Å². The summed E-state index contributed by atoms with van der Waals surface area (Å²) >= 11 is 6.81. The number of halogens is 4. The normalized spacial score (nSPS) is 12.0. The largest absolute Gasteiger partial charge is 0.418 e. The number of amides is 2. The van der Waals surface area contributed by atoms with E-state index in [4.69, 9.17) is 11.6 Å². The summed E-state index contributed by atoms with van der Waals surface area (Å²) < 4.78 is 39.0. The fourth-order valence-electron chi connectivity index (χ4n) is 1.94. The third-order valence-electron chi connectivity index (χ3n) is 3.07. The first kappa shape index (κ1) is 19.9. The van der Waals surface area contributed by atoms with Crippen molar-refractivity contribution in [2.24, 2.45) is 5.10 Å². The topological polar surface area (TPSA) is 70.6 Å². The Morgan fingerprint density at radius 1 is 1.27 bits per heavy atom. The molecule has 0 spiro atoms. The number of hydrogen-bond acceptors (Lipinski definition) is 4. The van der Waals surface area contributed by atoms with Crippen LogP contribution in [-0.4, -0.2) is 17.5 Å². The SMILES string of the molecule is C/C(CC(=O)Nc1ccc(Cl)cc1C(F)(F)F)=N/NC(=O)c1cccs1. The lowest BCUT2D eigenvalue weighted by molar-refractivity contribution is -0.137. The molecular formula is C16H13ClF3N3O2S. The molecule has 0 fully saturated rings. The number of alkyl halides is 3. The number of carbonyl (C=O) groups excluding carboxylic acids is 2. The summed E-state index contributed by atoms with van der Waals surface area (Å²) in [7, 11) is 0. The molecule has 0 saturated carbocycles. The van der Waals surface area contributed by atoms with Crippen molar-refractivity contribution in [1.82, 2.24) is 5.43 Å². The van der Waals surface area contributed by atoms with Gasteiger partial charge in [-0.05, 0) is 36.6 Å². The Morgan fingerprint density at radius 2 is 2.00 bits per heavy atom. The molecule has 5 nitrogen and oxygen atoms in total. The number of hydrogen-bond donors (Lipinski definition) is 2. The van der Waals surface area contributed by atoms with Crippen molar-refractivity contribution in [3.63, 3.8) is 0 Å². The molecule has 138 valence electrons. The first-order valence-corrected chi connectivity index (χ1v) is 8.46. The highest BCUT2D eigenvalue weighted by molar-refractivity contribution is 7.12. The lowest BCUT2D eigenvalue weighted by Crippen LogP contribution is -2.21. The predicted octanol–water partition coefficient (Wildman–Crippen LogP) is 4.55. The van der Waals surface area contributed by atoms with E-state index >= 15 is 0 Å². The minimum atomic E-state index is -4.66. The number of thiophene rings is 1. The van der Waals surface area contributed by atoms with Crippen LogP contribution in [0.5, 0.6) is 0 Å². The summed E-state index contributed by atoms with van der Waals surface area (Å²) in [5, 5.41) is 7.58. The lowest BCUT2D eigenvalue weighted by atomic mass is 10.1. The van der Waals surface area contributed by atoms with Gasteiger partial charge in [-0.2, -0.15) is 18.3 Å². The van der Waals surface area contributed by atoms with Gasteiger partial charge in [-0.1, -0.05) is 17.7 Å². The second-order valence-corrected chi connectivity index (χ2v) is 6.56. The minimum Gasteiger partial charge on any atom is -0.325 e. The summed E-state index contributed by atoms with van der Waals surface area (Å²) in [6.45, 7) is 1.47. The van der Waals surface area contributed by atoms with Crippen molar-refractivity contribution in [2.75, 3.05) is 5.32 Å². The Labute approximate surface area is 155 Å². The molecule has 2 rings (SSSR count). The Bertz CT molecular complexity index is 836. The van der Waals surface area contributed by atoms with Gasteiger partial charge >= 0.3 is 6.18 Å². The average molecular weight is 404 g/mol. The van der Waals surface area contributed by atoms with E-state index in [1.54, 1.807) is 17.5 Å². The molecule has 26 heavy (non-hydrogen) atoms.